The summed E-state index contributed by atoms with van der Waals surface area (Å²) < 4.78 is 10.8. The SMILES string of the molecule is O=C(Nc1ccc(C2OCCO2)cc1)c1cccnc1Cl. The first-order valence-corrected chi connectivity index (χ1v) is 6.87. The summed E-state index contributed by atoms with van der Waals surface area (Å²) in [4.78, 5) is 16.0. The molecule has 6 heteroatoms. The standard InChI is InChI=1S/C15H13ClN2O3/c16-13-12(2-1-7-17-13)14(19)18-11-5-3-10(4-6-11)15-20-8-9-21-15/h1-7,15H,8-9H2,(H,18,19). The average molecular weight is 305 g/mol. The Morgan fingerprint density at radius 1 is 1.19 bits per heavy atom. The van der Waals surface area contributed by atoms with Gasteiger partial charge in [0, 0.05) is 17.4 Å². The molecular formula is C15H13ClN2O3. The molecule has 21 heavy (non-hydrogen) atoms. The molecule has 0 saturated carbocycles. The number of rotatable bonds is 3. The number of carbonyl (C=O) groups excluding carboxylic acids is 1. The quantitative estimate of drug-likeness (QED) is 0.885. The predicted octanol–water partition coefficient (Wildman–Crippen LogP) is 3.03. The molecule has 1 aromatic heterocycles. The van der Waals surface area contributed by atoms with Crippen molar-refractivity contribution in [3.8, 4) is 0 Å². The summed E-state index contributed by atoms with van der Waals surface area (Å²) in [6, 6.07) is 10.6. The number of hydrogen-bond donors (Lipinski definition) is 1. The summed E-state index contributed by atoms with van der Waals surface area (Å²) in [5.41, 5.74) is 1.93. The van der Waals surface area contributed by atoms with Crippen LogP contribution in [0.25, 0.3) is 0 Å². The second kappa shape index (κ2) is 6.22. The first-order valence-electron chi connectivity index (χ1n) is 6.49. The van der Waals surface area contributed by atoms with Crippen LogP contribution in [0.1, 0.15) is 22.2 Å². The number of amides is 1. The van der Waals surface area contributed by atoms with Crippen molar-refractivity contribution < 1.29 is 14.3 Å². The van der Waals surface area contributed by atoms with Gasteiger partial charge in [-0.15, -0.1) is 0 Å². The monoisotopic (exact) mass is 304 g/mol. The zero-order valence-corrected chi connectivity index (χ0v) is 11.8. The third-order valence-electron chi connectivity index (χ3n) is 3.07. The van der Waals surface area contributed by atoms with Crippen LogP contribution < -0.4 is 5.32 Å². The van der Waals surface area contributed by atoms with Gasteiger partial charge in [0.25, 0.3) is 5.91 Å². The Hall–Kier alpha value is -1.95. The molecule has 1 fully saturated rings. The van der Waals surface area contributed by atoms with Crippen molar-refractivity contribution in [3.63, 3.8) is 0 Å². The zero-order valence-electron chi connectivity index (χ0n) is 11.1. The van der Waals surface area contributed by atoms with Gasteiger partial charge in [-0.2, -0.15) is 0 Å². The van der Waals surface area contributed by atoms with E-state index in [1.165, 1.54) is 6.20 Å². The van der Waals surface area contributed by atoms with Crippen molar-refractivity contribution in [1.29, 1.82) is 0 Å². The highest BCUT2D eigenvalue weighted by Crippen LogP contribution is 2.24. The van der Waals surface area contributed by atoms with E-state index in [1.54, 1.807) is 24.3 Å². The largest absolute Gasteiger partial charge is 0.346 e. The first-order chi connectivity index (χ1) is 10.2. The molecule has 1 aliphatic heterocycles. The third-order valence-corrected chi connectivity index (χ3v) is 3.37. The number of ether oxygens (including phenoxy) is 2. The van der Waals surface area contributed by atoms with Crippen molar-refractivity contribution in [2.24, 2.45) is 0 Å². The van der Waals surface area contributed by atoms with Crippen LogP contribution in [0.2, 0.25) is 5.15 Å². The van der Waals surface area contributed by atoms with E-state index in [-0.39, 0.29) is 17.4 Å². The lowest BCUT2D eigenvalue weighted by molar-refractivity contribution is -0.0441. The van der Waals surface area contributed by atoms with Gasteiger partial charge in [-0.3, -0.25) is 4.79 Å². The fourth-order valence-corrected chi connectivity index (χ4v) is 2.23. The molecule has 1 saturated heterocycles. The molecule has 0 radical (unpaired) electrons. The van der Waals surface area contributed by atoms with Crippen molar-refractivity contribution in [1.82, 2.24) is 4.98 Å². The van der Waals surface area contributed by atoms with Crippen molar-refractivity contribution in [2.45, 2.75) is 6.29 Å². The molecule has 1 N–H and O–H groups in total. The van der Waals surface area contributed by atoms with Gasteiger partial charge in [0.05, 0.1) is 18.8 Å². The molecule has 108 valence electrons. The average Bonchev–Trinajstić information content (AvgIpc) is 3.02. The predicted molar refractivity (Wildman–Crippen MR) is 78.3 cm³/mol. The van der Waals surface area contributed by atoms with Crippen LogP contribution in [0.5, 0.6) is 0 Å². The number of carbonyl (C=O) groups is 1. The molecule has 0 unspecified atom stereocenters. The fourth-order valence-electron chi connectivity index (χ4n) is 2.03. The smallest absolute Gasteiger partial charge is 0.258 e. The second-order valence-electron chi connectivity index (χ2n) is 4.49. The minimum Gasteiger partial charge on any atom is -0.346 e. The molecule has 0 atom stereocenters. The molecular weight excluding hydrogens is 292 g/mol. The van der Waals surface area contributed by atoms with E-state index >= 15 is 0 Å². The molecule has 1 amide bonds. The molecule has 2 aromatic rings. The molecule has 0 aliphatic carbocycles. The molecule has 1 aromatic carbocycles. The first kappa shape index (κ1) is 14.0. The van der Waals surface area contributed by atoms with E-state index in [0.29, 0.717) is 24.5 Å². The fraction of sp³-hybridized carbons (Fsp3) is 0.200. The van der Waals surface area contributed by atoms with E-state index < -0.39 is 0 Å². The van der Waals surface area contributed by atoms with E-state index in [2.05, 4.69) is 10.3 Å². The maximum atomic E-state index is 12.1. The number of pyridine rings is 1. The summed E-state index contributed by atoms with van der Waals surface area (Å²) in [5, 5.41) is 2.95. The Kier molecular flexibility index (Phi) is 4.15. The molecule has 0 spiro atoms. The number of anilines is 1. The van der Waals surface area contributed by atoms with Crippen molar-refractivity contribution >= 4 is 23.2 Å². The second-order valence-corrected chi connectivity index (χ2v) is 4.85. The van der Waals surface area contributed by atoms with E-state index in [0.717, 1.165) is 5.56 Å². The van der Waals surface area contributed by atoms with Gasteiger partial charge < -0.3 is 14.8 Å². The third kappa shape index (κ3) is 3.21. The van der Waals surface area contributed by atoms with Crippen LogP contribution in [0.3, 0.4) is 0 Å². The molecule has 2 heterocycles. The number of benzene rings is 1. The summed E-state index contributed by atoms with van der Waals surface area (Å²) in [6.45, 7) is 1.20. The van der Waals surface area contributed by atoms with Crippen LogP contribution >= 0.6 is 11.6 Å². The lowest BCUT2D eigenvalue weighted by Gasteiger charge is -2.10. The van der Waals surface area contributed by atoms with Crippen LogP contribution in [-0.2, 0) is 9.47 Å². The van der Waals surface area contributed by atoms with E-state index in [4.69, 9.17) is 21.1 Å². The number of nitrogens with zero attached hydrogens (tertiary/aromatic N) is 1. The van der Waals surface area contributed by atoms with Crippen molar-refractivity contribution in [2.75, 3.05) is 18.5 Å². The Morgan fingerprint density at radius 2 is 1.90 bits per heavy atom. The number of halogens is 1. The maximum Gasteiger partial charge on any atom is 0.258 e. The Labute approximate surface area is 126 Å². The Balaban J connectivity index is 1.70. The highest BCUT2D eigenvalue weighted by molar-refractivity contribution is 6.33. The number of hydrogen-bond acceptors (Lipinski definition) is 4. The van der Waals surface area contributed by atoms with Crippen molar-refractivity contribution in [3.05, 3.63) is 58.9 Å². The molecule has 1 aliphatic rings. The minimum atomic E-state index is -0.317. The Bertz CT molecular complexity index is 640. The lowest BCUT2D eigenvalue weighted by atomic mass is 10.2. The highest BCUT2D eigenvalue weighted by Gasteiger charge is 2.18. The number of nitrogens with one attached hydrogen (secondary N) is 1. The molecule has 0 bridgehead atoms. The van der Waals surface area contributed by atoms with Gasteiger partial charge >= 0.3 is 0 Å². The van der Waals surface area contributed by atoms with E-state index in [1.807, 2.05) is 12.1 Å². The normalized spacial score (nSPS) is 15.1. The zero-order chi connectivity index (χ0) is 14.7. The van der Waals surface area contributed by atoms with E-state index in [9.17, 15) is 4.79 Å². The lowest BCUT2D eigenvalue weighted by Crippen LogP contribution is -2.13. The topological polar surface area (TPSA) is 60.5 Å². The minimum absolute atomic E-state index is 0.180. The van der Waals surface area contributed by atoms with Crippen LogP contribution in [0.4, 0.5) is 5.69 Å². The Morgan fingerprint density at radius 3 is 2.57 bits per heavy atom. The van der Waals surface area contributed by atoms with Gasteiger partial charge in [0.15, 0.2) is 6.29 Å². The van der Waals surface area contributed by atoms with Crippen LogP contribution in [-0.4, -0.2) is 24.1 Å². The van der Waals surface area contributed by atoms with Gasteiger partial charge in [0.1, 0.15) is 5.15 Å². The highest BCUT2D eigenvalue weighted by atomic mass is 35.5. The summed E-state index contributed by atoms with van der Waals surface area (Å²) >= 11 is 5.89. The van der Waals surface area contributed by atoms with Gasteiger partial charge in [-0.25, -0.2) is 4.98 Å². The molecule has 3 rings (SSSR count). The summed E-state index contributed by atoms with van der Waals surface area (Å²) in [6.07, 6.45) is 1.22. The maximum absolute atomic E-state index is 12.1. The van der Waals surface area contributed by atoms with Gasteiger partial charge in [-0.05, 0) is 24.3 Å². The van der Waals surface area contributed by atoms with Gasteiger partial charge in [-0.1, -0.05) is 23.7 Å². The van der Waals surface area contributed by atoms with Crippen LogP contribution in [0.15, 0.2) is 42.6 Å². The summed E-state index contributed by atoms with van der Waals surface area (Å²) in [7, 11) is 0. The summed E-state index contributed by atoms with van der Waals surface area (Å²) in [5.74, 6) is -0.297. The van der Waals surface area contributed by atoms with Crippen LogP contribution in [0, 0.1) is 0 Å². The molecule has 5 nitrogen and oxygen atoms in total. The number of aromatic nitrogens is 1. The van der Waals surface area contributed by atoms with Gasteiger partial charge in [0.2, 0.25) is 0 Å².